The molecule has 0 aromatic carbocycles. The second-order valence-electron chi connectivity index (χ2n) is 3.46. The molecular weight excluding hydrogens is 266 g/mol. The topological polar surface area (TPSA) is 18.5 Å². The van der Waals surface area contributed by atoms with Crippen molar-refractivity contribution in [1.29, 1.82) is 0 Å². The van der Waals surface area contributed by atoms with E-state index in [1.54, 1.807) is 0 Å². The van der Waals surface area contributed by atoms with Crippen molar-refractivity contribution in [3.63, 3.8) is 0 Å². The molecule has 1 rings (SSSR count). The summed E-state index contributed by atoms with van der Waals surface area (Å²) in [5.74, 6) is -4.66. The van der Waals surface area contributed by atoms with Crippen molar-refractivity contribution in [2.24, 2.45) is 0 Å². The molecule has 0 aromatic heterocycles. The fourth-order valence-electron chi connectivity index (χ4n) is 1.15. The Balaban J connectivity index is 3.22. The van der Waals surface area contributed by atoms with Crippen LogP contribution in [0.1, 0.15) is 13.8 Å². The average molecular weight is 273 g/mol. The van der Waals surface area contributed by atoms with Gasteiger partial charge in [0.25, 0.3) is 0 Å². The van der Waals surface area contributed by atoms with Crippen LogP contribution in [0.25, 0.3) is 0 Å². The smallest absolute Gasteiger partial charge is 0.328 e. The molecule has 0 N–H and O–H groups in total. The minimum atomic E-state index is -5.76. The van der Waals surface area contributed by atoms with Crippen LogP contribution in [0.5, 0.6) is 0 Å². The third-order valence-electron chi connectivity index (χ3n) is 2.16. The fraction of sp³-hybridized carbons (Fsp3) is 1.00. The van der Waals surface area contributed by atoms with Gasteiger partial charge in [-0.05, 0) is 13.8 Å². The summed E-state index contributed by atoms with van der Waals surface area (Å²) in [7, 11) is 0. The maximum Gasteiger partial charge on any atom is 0.453 e. The molecule has 1 heterocycles. The zero-order chi connectivity index (χ0) is 13.0. The number of halogens is 7. The lowest BCUT2D eigenvalue weighted by Crippen LogP contribution is -2.58. The first kappa shape index (κ1) is 13.9. The van der Waals surface area contributed by atoms with E-state index in [1.807, 2.05) is 0 Å². The molecule has 9 heteroatoms. The molecule has 2 unspecified atom stereocenters. The highest BCUT2D eigenvalue weighted by molar-refractivity contribution is 6.23. The second kappa shape index (κ2) is 3.39. The Hall–Kier alpha value is -0.210. The molecule has 0 amide bonds. The minimum absolute atomic E-state index is 0.873. The van der Waals surface area contributed by atoms with Gasteiger partial charge in [-0.25, -0.2) is 0 Å². The van der Waals surface area contributed by atoms with Crippen molar-refractivity contribution in [3.05, 3.63) is 0 Å². The van der Waals surface area contributed by atoms with Crippen LogP contribution < -0.4 is 0 Å². The molecule has 96 valence electrons. The van der Waals surface area contributed by atoms with E-state index in [2.05, 4.69) is 9.47 Å². The van der Waals surface area contributed by atoms with Crippen molar-refractivity contribution in [1.82, 2.24) is 0 Å². The van der Waals surface area contributed by atoms with E-state index in [0.717, 1.165) is 13.8 Å². The fourth-order valence-corrected chi connectivity index (χ4v) is 1.31. The van der Waals surface area contributed by atoms with Gasteiger partial charge in [-0.15, -0.1) is 0 Å². The maximum atomic E-state index is 12.4. The van der Waals surface area contributed by atoms with E-state index in [1.165, 1.54) is 0 Å². The number of hydrogen-bond donors (Lipinski definition) is 0. The van der Waals surface area contributed by atoms with Crippen LogP contribution in [0, 0.1) is 0 Å². The lowest BCUT2D eigenvalue weighted by molar-refractivity contribution is -0.446. The lowest BCUT2D eigenvalue weighted by Gasteiger charge is -2.32. The highest BCUT2D eigenvalue weighted by Gasteiger charge is 2.80. The highest BCUT2D eigenvalue weighted by atomic mass is 35.5. The summed E-state index contributed by atoms with van der Waals surface area (Å²) in [4.78, 5) is 0. The molecular formula is C7H7ClF6O2. The standard InChI is InChI=1S/C7H7ClF6O2/c1-3-4(2,8)16-5(15-3,6(9,10)11)7(12,13)14/h3H,1-2H3. The Bertz CT molecular complexity index is 270. The average Bonchev–Trinajstić information content (AvgIpc) is 2.21. The van der Waals surface area contributed by atoms with Gasteiger partial charge in [-0.2, -0.15) is 26.3 Å². The quantitative estimate of drug-likeness (QED) is 0.498. The normalized spacial score (nSPS) is 35.4. The Labute approximate surface area is 91.4 Å². The van der Waals surface area contributed by atoms with Gasteiger partial charge >= 0.3 is 18.1 Å². The van der Waals surface area contributed by atoms with Gasteiger partial charge in [0.05, 0.1) is 0 Å². The molecule has 0 aliphatic carbocycles. The van der Waals surface area contributed by atoms with Gasteiger partial charge in [-0.3, -0.25) is 0 Å². The molecule has 16 heavy (non-hydrogen) atoms. The molecule has 0 saturated carbocycles. The molecule has 1 aliphatic heterocycles. The van der Waals surface area contributed by atoms with E-state index in [-0.39, 0.29) is 0 Å². The first-order chi connectivity index (χ1) is 6.83. The Morgan fingerprint density at radius 3 is 1.56 bits per heavy atom. The summed E-state index contributed by atoms with van der Waals surface area (Å²) in [5.41, 5.74) is 0. The predicted octanol–water partition coefficient (Wildman–Crippen LogP) is 3.20. The SMILES string of the molecule is CC1OC(C(F)(F)F)(C(F)(F)F)OC1(C)Cl. The lowest BCUT2D eigenvalue weighted by atomic mass is 10.2. The first-order valence-electron chi connectivity index (χ1n) is 4.04. The third kappa shape index (κ3) is 1.86. The van der Waals surface area contributed by atoms with Crippen LogP contribution in [0.3, 0.4) is 0 Å². The van der Waals surface area contributed by atoms with E-state index in [4.69, 9.17) is 11.6 Å². The molecule has 2 nitrogen and oxygen atoms in total. The second-order valence-corrected chi connectivity index (χ2v) is 4.21. The van der Waals surface area contributed by atoms with Gasteiger partial charge in [-0.1, -0.05) is 11.6 Å². The van der Waals surface area contributed by atoms with Crippen molar-refractivity contribution in [2.45, 2.75) is 43.2 Å². The molecule has 1 fully saturated rings. The Kier molecular flexibility index (Phi) is 2.94. The summed E-state index contributed by atoms with van der Waals surface area (Å²) < 4.78 is 82.2. The van der Waals surface area contributed by atoms with Crippen molar-refractivity contribution in [3.8, 4) is 0 Å². The summed E-state index contributed by atoms with van der Waals surface area (Å²) in [5, 5.41) is -2.19. The zero-order valence-electron chi connectivity index (χ0n) is 8.04. The van der Waals surface area contributed by atoms with Crippen LogP contribution >= 0.6 is 11.6 Å². The Morgan fingerprint density at radius 1 is 1.06 bits per heavy atom. The maximum absolute atomic E-state index is 12.4. The van der Waals surface area contributed by atoms with Crippen LogP contribution in [0.2, 0.25) is 0 Å². The molecule has 2 atom stereocenters. The summed E-state index contributed by atoms with van der Waals surface area (Å²) in [6.07, 6.45) is -13.1. The molecule has 0 spiro atoms. The number of ether oxygens (including phenoxy) is 2. The van der Waals surface area contributed by atoms with E-state index >= 15 is 0 Å². The molecule has 1 aliphatic rings. The van der Waals surface area contributed by atoms with E-state index < -0.39 is 29.3 Å². The monoisotopic (exact) mass is 272 g/mol. The predicted molar refractivity (Wildman–Crippen MR) is 40.7 cm³/mol. The number of rotatable bonds is 0. The molecule has 0 radical (unpaired) electrons. The molecule has 0 bridgehead atoms. The molecule has 1 saturated heterocycles. The Morgan fingerprint density at radius 2 is 1.44 bits per heavy atom. The van der Waals surface area contributed by atoms with E-state index in [9.17, 15) is 26.3 Å². The first-order valence-corrected chi connectivity index (χ1v) is 4.41. The van der Waals surface area contributed by atoms with Gasteiger partial charge < -0.3 is 9.47 Å². The van der Waals surface area contributed by atoms with Crippen LogP contribution in [0.15, 0.2) is 0 Å². The summed E-state index contributed by atoms with van der Waals surface area (Å²) >= 11 is 5.37. The van der Waals surface area contributed by atoms with Crippen molar-refractivity contribution >= 4 is 11.6 Å². The van der Waals surface area contributed by atoms with Gasteiger partial charge in [0, 0.05) is 0 Å². The zero-order valence-corrected chi connectivity index (χ0v) is 8.80. The van der Waals surface area contributed by atoms with Gasteiger partial charge in [0.15, 0.2) is 5.06 Å². The largest absolute Gasteiger partial charge is 0.453 e. The van der Waals surface area contributed by atoms with Crippen LogP contribution in [-0.4, -0.2) is 29.3 Å². The van der Waals surface area contributed by atoms with E-state index in [0.29, 0.717) is 0 Å². The third-order valence-corrected chi connectivity index (χ3v) is 2.54. The highest BCUT2D eigenvalue weighted by Crippen LogP contribution is 2.55. The van der Waals surface area contributed by atoms with Crippen LogP contribution in [-0.2, 0) is 9.47 Å². The summed E-state index contributed by atoms with van der Waals surface area (Å²) in [6.45, 7) is 1.84. The van der Waals surface area contributed by atoms with Crippen molar-refractivity contribution < 1.29 is 35.8 Å². The number of alkyl halides is 7. The molecule has 0 aromatic rings. The van der Waals surface area contributed by atoms with Gasteiger partial charge in [0.1, 0.15) is 6.10 Å². The number of hydrogen-bond acceptors (Lipinski definition) is 2. The summed E-state index contributed by atoms with van der Waals surface area (Å²) in [6, 6.07) is 0. The van der Waals surface area contributed by atoms with Gasteiger partial charge in [0.2, 0.25) is 0 Å². The van der Waals surface area contributed by atoms with Crippen LogP contribution in [0.4, 0.5) is 26.3 Å². The minimum Gasteiger partial charge on any atom is -0.328 e. The van der Waals surface area contributed by atoms with Crippen molar-refractivity contribution in [2.75, 3.05) is 0 Å².